The monoisotopic (exact) mass is 245 g/mol. The zero-order valence-electron chi connectivity index (χ0n) is 11.5. The van der Waals surface area contributed by atoms with E-state index in [4.69, 9.17) is 10.5 Å². The molecule has 3 N–H and O–H groups in total. The number of carbonyl (C=O) groups excluding carboxylic acids is 1. The van der Waals surface area contributed by atoms with Crippen LogP contribution < -0.4 is 11.1 Å². The Balaban J connectivity index is 4.09. The smallest absolute Gasteiger partial charge is 0.234 e. The SMILES string of the molecule is CCOC(CN)CN(CC)CC(=O)NC(C)C. The van der Waals surface area contributed by atoms with Crippen LogP contribution in [0.3, 0.4) is 0 Å². The predicted molar refractivity (Wildman–Crippen MR) is 69.9 cm³/mol. The quantitative estimate of drug-likeness (QED) is 0.609. The molecule has 1 unspecified atom stereocenters. The minimum atomic E-state index is 0.00630. The number of ether oxygens (including phenoxy) is 1. The van der Waals surface area contributed by atoms with Gasteiger partial charge in [-0.1, -0.05) is 6.92 Å². The molecule has 0 spiro atoms. The second-order valence-corrected chi connectivity index (χ2v) is 4.36. The molecule has 5 heteroatoms. The summed E-state index contributed by atoms with van der Waals surface area (Å²) in [5.74, 6) is 0.0501. The molecule has 0 saturated heterocycles. The van der Waals surface area contributed by atoms with Gasteiger partial charge in [0.1, 0.15) is 0 Å². The normalized spacial score (nSPS) is 13.1. The van der Waals surface area contributed by atoms with Crippen LogP contribution in [0.1, 0.15) is 27.7 Å². The summed E-state index contributed by atoms with van der Waals surface area (Å²) >= 11 is 0. The lowest BCUT2D eigenvalue weighted by Gasteiger charge is -2.25. The highest BCUT2D eigenvalue weighted by atomic mass is 16.5. The van der Waals surface area contributed by atoms with E-state index < -0.39 is 0 Å². The highest BCUT2D eigenvalue weighted by Crippen LogP contribution is 1.96. The molecule has 0 aliphatic rings. The van der Waals surface area contributed by atoms with Crippen LogP contribution in [-0.4, -0.2) is 55.7 Å². The van der Waals surface area contributed by atoms with Gasteiger partial charge in [0.05, 0.1) is 12.6 Å². The maximum atomic E-state index is 11.6. The van der Waals surface area contributed by atoms with Gasteiger partial charge in [-0.3, -0.25) is 9.69 Å². The number of amides is 1. The first-order valence-corrected chi connectivity index (χ1v) is 6.36. The summed E-state index contributed by atoms with van der Waals surface area (Å²) < 4.78 is 5.49. The van der Waals surface area contributed by atoms with E-state index >= 15 is 0 Å². The van der Waals surface area contributed by atoms with Crippen molar-refractivity contribution in [2.45, 2.75) is 39.8 Å². The van der Waals surface area contributed by atoms with E-state index in [1.165, 1.54) is 0 Å². The van der Waals surface area contributed by atoms with Crippen LogP contribution in [0.25, 0.3) is 0 Å². The Labute approximate surface area is 105 Å². The molecule has 0 aromatic rings. The van der Waals surface area contributed by atoms with E-state index in [1.54, 1.807) is 0 Å². The average Bonchev–Trinajstić information content (AvgIpc) is 2.26. The van der Waals surface area contributed by atoms with E-state index in [1.807, 2.05) is 32.6 Å². The van der Waals surface area contributed by atoms with Crippen LogP contribution in [0.2, 0.25) is 0 Å². The van der Waals surface area contributed by atoms with E-state index in [0.29, 0.717) is 26.2 Å². The number of hydrogen-bond acceptors (Lipinski definition) is 4. The fraction of sp³-hybridized carbons (Fsp3) is 0.917. The largest absolute Gasteiger partial charge is 0.376 e. The van der Waals surface area contributed by atoms with Gasteiger partial charge in [-0.15, -0.1) is 0 Å². The molecular formula is C12H27N3O2. The lowest BCUT2D eigenvalue weighted by molar-refractivity contribution is -0.123. The summed E-state index contributed by atoms with van der Waals surface area (Å²) in [4.78, 5) is 13.7. The van der Waals surface area contributed by atoms with Gasteiger partial charge >= 0.3 is 0 Å². The molecule has 1 atom stereocenters. The summed E-state index contributed by atoms with van der Waals surface area (Å²) in [5, 5.41) is 2.88. The summed E-state index contributed by atoms with van der Waals surface area (Å²) in [7, 11) is 0. The van der Waals surface area contributed by atoms with Crippen molar-refractivity contribution in [3.05, 3.63) is 0 Å². The van der Waals surface area contributed by atoms with Crippen molar-refractivity contribution in [3.63, 3.8) is 0 Å². The Morgan fingerprint density at radius 1 is 1.41 bits per heavy atom. The first kappa shape index (κ1) is 16.4. The average molecular weight is 245 g/mol. The third-order valence-corrected chi connectivity index (χ3v) is 2.39. The van der Waals surface area contributed by atoms with Gasteiger partial charge in [-0.05, 0) is 27.3 Å². The molecule has 0 aliphatic carbocycles. The maximum Gasteiger partial charge on any atom is 0.234 e. The molecule has 102 valence electrons. The third-order valence-electron chi connectivity index (χ3n) is 2.39. The zero-order chi connectivity index (χ0) is 13.3. The van der Waals surface area contributed by atoms with Crippen molar-refractivity contribution in [1.29, 1.82) is 0 Å². The number of nitrogens with two attached hydrogens (primary N) is 1. The topological polar surface area (TPSA) is 67.6 Å². The zero-order valence-corrected chi connectivity index (χ0v) is 11.5. The van der Waals surface area contributed by atoms with Crippen molar-refractivity contribution >= 4 is 5.91 Å². The number of carbonyl (C=O) groups is 1. The Bertz CT molecular complexity index is 210. The molecular weight excluding hydrogens is 218 g/mol. The van der Waals surface area contributed by atoms with Gasteiger partial charge in [0.25, 0.3) is 0 Å². The number of nitrogens with zero attached hydrogens (tertiary/aromatic N) is 1. The lowest BCUT2D eigenvalue weighted by atomic mass is 10.3. The number of hydrogen-bond donors (Lipinski definition) is 2. The van der Waals surface area contributed by atoms with Gasteiger partial charge in [0, 0.05) is 25.7 Å². The second kappa shape index (κ2) is 9.39. The van der Waals surface area contributed by atoms with Crippen LogP contribution in [0.5, 0.6) is 0 Å². The molecule has 0 radical (unpaired) electrons. The minimum absolute atomic E-state index is 0.00630. The third kappa shape index (κ3) is 8.12. The predicted octanol–water partition coefficient (Wildman–Crippen LogP) is 0.197. The Morgan fingerprint density at radius 3 is 2.47 bits per heavy atom. The molecule has 0 saturated carbocycles. The summed E-state index contributed by atoms with van der Waals surface area (Å²) in [6.45, 7) is 10.9. The number of rotatable bonds is 9. The van der Waals surface area contributed by atoms with E-state index in [9.17, 15) is 4.79 Å². The Kier molecular flexibility index (Phi) is 9.03. The van der Waals surface area contributed by atoms with Crippen molar-refractivity contribution in [2.24, 2.45) is 5.73 Å². The van der Waals surface area contributed by atoms with Crippen LogP contribution in [0.15, 0.2) is 0 Å². The molecule has 17 heavy (non-hydrogen) atoms. The summed E-state index contributed by atoms with van der Waals surface area (Å²) in [6, 6.07) is 0.179. The number of nitrogens with one attached hydrogen (secondary N) is 1. The summed E-state index contributed by atoms with van der Waals surface area (Å²) in [5.41, 5.74) is 5.62. The van der Waals surface area contributed by atoms with Crippen molar-refractivity contribution in [2.75, 3.05) is 32.8 Å². The molecule has 0 aromatic heterocycles. The van der Waals surface area contributed by atoms with Crippen LogP contribution >= 0.6 is 0 Å². The minimum Gasteiger partial charge on any atom is -0.376 e. The van der Waals surface area contributed by atoms with Gasteiger partial charge in [0.15, 0.2) is 0 Å². The van der Waals surface area contributed by atoms with Crippen molar-refractivity contribution < 1.29 is 9.53 Å². The molecule has 0 bridgehead atoms. The first-order valence-electron chi connectivity index (χ1n) is 6.36. The first-order chi connectivity index (χ1) is 8.03. The van der Waals surface area contributed by atoms with Crippen LogP contribution in [0.4, 0.5) is 0 Å². The van der Waals surface area contributed by atoms with Gasteiger partial charge in [-0.2, -0.15) is 0 Å². The molecule has 0 aliphatic heterocycles. The molecule has 0 fully saturated rings. The van der Waals surface area contributed by atoms with Gasteiger partial charge in [0.2, 0.25) is 5.91 Å². The van der Waals surface area contributed by atoms with Crippen molar-refractivity contribution in [3.8, 4) is 0 Å². The van der Waals surface area contributed by atoms with Gasteiger partial charge < -0.3 is 15.8 Å². The Morgan fingerprint density at radius 2 is 2.06 bits per heavy atom. The number of likely N-dealkylation sites (N-methyl/N-ethyl adjacent to an activating group) is 1. The highest BCUT2D eigenvalue weighted by Gasteiger charge is 2.15. The second-order valence-electron chi connectivity index (χ2n) is 4.36. The molecule has 5 nitrogen and oxygen atoms in total. The lowest BCUT2D eigenvalue weighted by Crippen LogP contribution is -2.44. The molecule has 0 aromatic carbocycles. The summed E-state index contributed by atoms with van der Waals surface area (Å²) in [6.07, 6.45) is 0.00630. The standard InChI is InChI=1S/C12H27N3O2/c1-5-15(8-11(7-13)17-6-2)9-12(16)14-10(3)4/h10-11H,5-9,13H2,1-4H3,(H,14,16). The highest BCUT2D eigenvalue weighted by molar-refractivity contribution is 5.78. The molecule has 0 rings (SSSR count). The Hall–Kier alpha value is -0.650. The van der Waals surface area contributed by atoms with E-state index in [2.05, 4.69) is 5.32 Å². The fourth-order valence-corrected chi connectivity index (χ4v) is 1.60. The molecule has 1 amide bonds. The fourth-order valence-electron chi connectivity index (χ4n) is 1.60. The van der Waals surface area contributed by atoms with Crippen LogP contribution in [0, 0.1) is 0 Å². The molecule has 0 heterocycles. The van der Waals surface area contributed by atoms with Crippen molar-refractivity contribution in [1.82, 2.24) is 10.2 Å². The van der Waals surface area contributed by atoms with Crippen LogP contribution in [-0.2, 0) is 9.53 Å². The maximum absolute atomic E-state index is 11.6. The van der Waals surface area contributed by atoms with E-state index in [-0.39, 0.29) is 18.1 Å². The van der Waals surface area contributed by atoms with E-state index in [0.717, 1.165) is 6.54 Å². The van der Waals surface area contributed by atoms with Gasteiger partial charge in [-0.25, -0.2) is 0 Å².